The molecule has 1 heterocycles. The minimum absolute atomic E-state index is 0.314. The molecule has 2 rings (SSSR count). The van der Waals surface area contributed by atoms with Gasteiger partial charge in [0.05, 0.1) is 0 Å². The summed E-state index contributed by atoms with van der Waals surface area (Å²) >= 11 is 0. The largest absolute Gasteiger partial charge is 0.396 e. The second-order valence-corrected chi connectivity index (χ2v) is 4.95. The van der Waals surface area contributed by atoms with Crippen molar-refractivity contribution >= 4 is 0 Å². The Morgan fingerprint density at radius 2 is 2.00 bits per heavy atom. The predicted octanol–water partition coefficient (Wildman–Crippen LogP) is 2.47. The maximum atomic E-state index is 8.95. The summed E-state index contributed by atoms with van der Waals surface area (Å²) in [6.07, 6.45) is 6.04. The minimum Gasteiger partial charge on any atom is -0.396 e. The predicted molar refractivity (Wildman–Crippen MR) is 71.1 cm³/mol. The van der Waals surface area contributed by atoms with Crippen LogP contribution in [-0.2, 0) is 6.42 Å². The Morgan fingerprint density at radius 1 is 1.18 bits per heavy atom. The standard InChI is InChI=1S/C15H23NO/c17-12-6-11-16-10-5-4-9-15(16)13-14-7-2-1-3-8-14/h1-3,7-8,15,17H,4-6,9-13H2. The highest BCUT2D eigenvalue weighted by molar-refractivity contribution is 5.16. The minimum atomic E-state index is 0.314. The number of rotatable bonds is 5. The number of piperidine rings is 1. The van der Waals surface area contributed by atoms with Crippen LogP contribution in [0.1, 0.15) is 31.2 Å². The summed E-state index contributed by atoms with van der Waals surface area (Å²) in [7, 11) is 0. The van der Waals surface area contributed by atoms with Gasteiger partial charge in [-0.15, -0.1) is 0 Å². The van der Waals surface area contributed by atoms with Gasteiger partial charge < -0.3 is 5.11 Å². The van der Waals surface area contributed by atoms with Crippen molar-refractivity contribution in [2.45, 2.75) is 38.1 Å². The van der Waals surface area contributed by atoms with Crippen LogP contribution in [0.25, 0.3) is 0 Å². The molecule has 1 fully saturated rings. The van der Waals surface area contributed by atoms with Gasteiger partial charge in [-0.3, -0.25) is 4.90 Å². The van der Waals surface area contributed by atoms with Crippen LogP contribution >= 0.6 is 0 Å². The molecule has 0 aliphatic carbocycles. The van der Waals surface area contributed by atoms with Crippen molar-refractivity contribution in [2.75, 3.05) is 19.7 Å². The lowest BCUT2D eigenvalue weighted by molar-refractivity contribution is 0.134. The maximum Gasteiger partial charge on any atom is 0.0443 e. The molecule has 1 saturated heterocycles. The number of likely N-dealkylation sites (tertiary alicyclic amines) is 1. The van der Waals surface area contributed by atoms with E-state index in [-0.39, 0.29) is 0 Å². The fourth-order valence-electron chi connectivity index (χ4n) is 2.75. The molecule has 1 aromatic rings. The van der Waals surface area contributed by atoms with Crippen LogP contribution in [-0.4, -0.2) is 35.7 Å². The van der Waals surface area contributed by atoms with Crippen LogP contribution in [0, 0.1) is 0 Å². The lowest BCUT2D eigenvalue weighted by Gasteiger charge is -2.35. The molecule has 0 aromatic heterocycles. The molecule has 2 nitrogen and oxygen atoms in total. The molecule has 1 aromatic carbocycles. The average molecular weight is 233 g/mol. The SMILES string of the molecule is OCCCN1CCCCC1Cc1ccccc1. The molecule has 0 radical (unpaired) electrons. The fourth-order valence-corrected chi connectivity index (χ4v) is 2.75. The topological polar surface area (TPSA) is 23.5 Å². The van der Waals surface area contributed by atoms with E-state index in [0.717, 1.165) is 19.4 Å². The molecule has 0 spiro atoms. The Morgan fingerprint density at radius 3 is 2.76 bits per heavy atom. The van der Waals surface area contributed by atoms with E-state index in [1.165, 1.54) is 31.4 Å². The molecule has 1 aliphatic rings. The fraction of sp³-hybridized carbons (Fsp3) is 0.600. The lowest BCUT2D eigenvalue weighted by atomic mass is 9.95. The first kappa shape index (κ1) is 12.6. The molecule has 0 bridgehead atoms. The summed E-state index contributed by atoms with van der Waals surface area (Å²) in [5.41, 5.74) is 1.44. The van der Waals surface area contributed by atoms with Crippen LogP contribution < -0.4 is 0 Å². The second kappa shape index (κ2) is 6.77. The first-order valence-electron chi connectivity index (χ1n) is 6.79. The second-order valence-electron chi connectivity index (χ2n) is 4.95. The van der Waals surface area contributed by atoms with Gasteiger partial charge in [-0.05, 0) is 37.8 Å². The van der Waals surface area contributed by atoms with Crippen molar-refractivity contribution in [1.29, 1.82) is 0 Å². The highest BCUT2D eigenvalue weighted by Gasteiger charge is 2.21. The molecule has 17 heavy (non-hydrogen) atoms. The van der Waals surface area contributed by atoms with Crippen LogP contribution in [0.4, 0.5) is 0 Å². The first-order valence-corrected chi connectivity index (χ1v) is 6.79. The third-order valence-electron chi connectivity index (χ3n) is 3.67. The zero-order valence-electron chi connectivity index (χ0n) is 10.5. The monoisotopic (exact) mass is 233 g/mol. The smallest absolute Gasteiger partial charge is 0.0443 e. The Kier molecular flexibility index (Phi) is 5.02. The van der Waals surface area contributed by atoms with Gasteiger partial charge in [-0.1, -0.05) is 36.8 Å². The molecular formula is C15H23NO. The van der Waals surface area contributed by atoms with E-state index in [9.17, 15) is 0 Å². The van der Waals surface area contributed by atoms with Gasteiger partial charge in [0.2, 0.25) is 0 Å². The summed E-state index contributed by atoms with van der Waals surface area (Å²) in [5, 5.41) is 8.95. The van der Waals surface area contributed by atoms with Crippen LogP contribution in [0.15, 0.2) is 30.3 Å². The molecule has 2 heteroatoms. The normalized spacial score (nSPS) is 21.6. The molecule has 0 amide bonds. The van der Waals surface area contributed by atoms with E-state index in [2.05, 4.69) is 35.2 Å². The molecule has 1 N–H and O–H groups in total. The zero-order chi connectivity index (χ0) is 11.9. The number of hydrogen-bond donors (Lipinski definition) is 1. The molecule has 0 saturated carbocycles. The van der Waals surface area contributed by atoms with Gasteiger partial charge in [0.1, 0.15) is 0 Å². The number of nitrogens with zero attached hydrogens (tertiary/aromatic N) is 1. The Balaban J connectivity index is 1.92. The van der Waals surface area contributed by atoms with Crippen molar-refractivity contribution in [2.24, 2.45) is 0 Å². The Bertz CT molecular complexity index is 312. The highest BCUT2D eigenvalue weighted by atomic mass is 16.3. The summed E-state index contributed by atoms with van der Waals surface area (Å²) in [5.74, 6) is 0. The van der Waals surface area contributed by atoms with E-state index in [0.29, 0.717) is 12.6 Å². The Labute approximate surface area is 104 Å². The van der Waals surface area contributed by atoms with Crippen molar-refractivity contribution in [3.05, 3.63) is 35.9 Å². The van der Waals surface area contributed by atoms with Crippen molar-refractivity contribution in [3.63, 3.8) is 0 Å². The van der Waals surface area contributed by atoms with Gasteiger partial charge in [0, 0.05) is 19.2 Å². The van der Waals surface area contributed by atoms with Crippen molar-refractivity contribution < 1.29 is 5.11 Å². The molecule has 94 valence electrons. The van der Waals surface area contributed by atoms with Crippen LogP contribution in [0.3, 0.4) is 0 Å². The number of aliphatic hydroxyl groups excluding tert-OH is 1. The van der Waals surface area contributed by atoms with Crippen LogP contribution in [0.5, 0.6) is 0 Å². The van der Waals surface area contributed by atoms with Gasteiger partial charge in [-0.25, -0.2) is 0 Å². The zero-order valence-corrected chi connectivity index (χ0v) is 10.5. The Hall–Kier alpha value is -0.860. The van der Waals surface area contributed by atoms with E-state index in [1.807, 2.05) is 0 Å². The van der Waals surface area contributed by atoms with Gasteiger partial charge in [0.15, 0.2) is 0 Å². The first-order chi connectivity index (χ1) is 8.40. The van der Waals surface area contributed by atoms with E-state index in [4.69, 9.17) is 5.11 Å². The van der Waals surface area contributed by atoms with Crippen molar-refractivity contribution in [3.8, 4) is 0 Å². The number of hydrogen-bond acceptors (Lipinski definition) is 2. The van der Waals surface area contributed by atoms with E-state index in [1.54, 1.807) is 0 Å². The molecule has 1 unspecified atom stereocenters. The summed E-state index contributed by atoms with van der Waals surface area (Å²) in [6, 6.07) is 11.4. The average Bonchev–Trinajstić information content (AvgIpc) is 2.39. The lowest BCUT2D eigenvalue weighted by Crippen LogP contribution is -2.41. The van der Waals surface area contributed by atoms with Gasteiger partial charge in [-0.2, -0.15) is 0 Å². The summed E-state index contributed by atoms with van der Waals surface area (Å²) in [6.45, 7) is 2.57. The quantitative estimate of drug-likeness (QED) is 0.844. The third kappa shape index (κ3) is 3.83. The van der Waals surface area contributed by atoms with Crippen molar-refractivity contribution in [1.82, 2.24) is 4.90 Å². The highest BCUT2D eigenvalue weighted by Crippen LogP contribution is 2.20. The summed E-state index contributed by atoms with van der Waals surface area (Å²) in [4.78, 5) is 2.56. The van der Waals surface area contributed by atoms with E-state index < -0.39 is 0 Å². The maximum absolute atomic E-state index is 8.95. The van der Waals surface area contributed by atoms with Gasteiger partial charge in [0.25, 0.3) is 0 Å². The van der Waals surface area contributed by atoms with E-state index >= 15 is 0 Å². The summed E-state index contributed by atoms with van der Waals surface area (Å²) < 4.78 is 0. The molecular weight excluding hydrogens is 210 g/mol. The number of benzene rings is 1. The number of aliphatic hydroxyl groups is 1. The molecule has 1 aliphatic heterocycles. The van der Waals surface area contributed by atoms with Gasteiger partial charge >= 0.3 is 0 Å². The van der Waals surface area contributed by atoms with Crippen LogP contribution in [0.2, 0.25) is 0 Å². The molecule has 1 atom stereocenters. The third-order valence-corrected chi connectivity index (χ3v) is 3.67.